The van der Waals surface area contributed by atoms with Gasteiger partial charge in [-0.1, -0.05) is 64.7 Å². The molecule has 2 aliphatic heterocycles. The van der Waals surface area contributed by atoms with E-state index in [9.17, 15) is 5.11 Å². The third-order valence-corrected chi connectivity index (χ3v) is 8.59. The molecule has 0 bridgehead atoms. The van der Waals surface area contributed by atoms with Gasteiger partial charge >= 0.3 is 0 Å². The zero-order chi connectivity index (χ0) is 22.2. The summed E-state index contributed by atoms with van der Waals surface area (Å²) in [6.45, 7) is 11.4. The van der Waals surface area contributed by atoms with E-state index in [1.165, 1.54) is 134 Å². The fourth-order valence-electron chi connectivity index (χ4n) is 6.29. The van der Waals surface area contributed by atoms with Crippen LogP contribution in [0.15, 0.2) is 0 Å². The zero-order valence-corrected chi connectivity index (χ0v) is 21.0. The smallest absolute Gasteiger partial charge is 0.102 e. The minimum atomic E-state index is 0.344. The molecule has 2 aliphatic rings. The van der Waals surface area contributed by atoms with Gasteiger partial charge in [0.05, 0.1) is 45.9 Å². The number of nitrogens with zero attached hydrogens (tertiary/aromatic N) is 1. The number of aliphatic hydroxyl groups excluding tert-OH is 2. The van der Waals surface area contributed by atoms with Gasteiger partial charge in [0.2, 0.25) is 0 Å². The molecule has 31 heavy (non-hydrogen) atoms. The highest BCUT2D eigenvalue weighted by atomic mass is 16.3. The molecular formula is C27H56N2O2+2. The van der Waals surface area contributed by atoms with Crippen molar-refractivity contribution in [3.8, 4) is 0 Å². The normalized spacial score (nSPS) is 29.3. The Labute approximate surface area is 194 Å². The second-order valence-corrected chi connectivity index (χ2v) is 11.0. The van der Waals surface area contributed by atoms with Crippen molar-refractivity contribution in [1.82, 2.24) is 0 Å². The molecule has 0 spiro atoms. The van der Waals surface area contributed by atoms with E-state index >= 15 is 0 Å². The lowest BCUT2D eigenvalue weighted by molar-refractivity contribution is -0.934. The van der Waals surface area contributed by atoms with Crippen molar-refractivity contribution in [1.29, 1.82) is 0 Å². The standard InChI is InChI=1S/C27H55N2O2/c1-2-3-4-5-6-7-8-9-20-29(23-25-31)21-15-27(16-22-29)12-10-11-26-13-17-28(18-14-26)19-24-30/h26-27,30-31H,2-25H2,1H3/q+1/p+1. The summed E-state index contributed by atoms with van der Waals surface area (Å²) >= 11 is 0. The molecule has 2 heterocycles. The number of hydrogen-bond donors (Lipinski definition) is 3. The molecule has 0 radical (unpaired) electrons. The SMILES string of the molecule is CCCCCCCCCC[N+]1(CCO)CCC(CCCC2CC[NH+](CCO)CC2)CC1. The lowest BCUT2D eigenvalue weighted by atomic mass is 9.86. The first kappa shape index (κ1) is 27.1. The summed E-state index contributed by atoms with van der Waals surface area (Å²) in [7, 11) is 0. The second kappa shape index (κ2) is 16.5. The first-order valence-electron chi connectivity index (χ1n) is 14.1. The monoisotopic (exact) mass is 440 g/mol. The van der Waals surface area contributed by atoms with Gasteiger partial charge in [-0.2, -0.15) is 0 Å². The van der Waals surface area contributed by atoms with Crippen LogP contribution in [0.25, 0.3) is 0 Å². The number of likely N-dealkylation sites (tertiary alicyclic amines) is 2. The fraction of sp³-hybridized carbons (Fsp3) is 1.00. The molecule has 2 saturated heterocycles. The van der Waals surface area contributed by atoms with Crippen LogP contribution >= 0.6 is 0 Å². The topological polar surface area (TPSA) is 44.9 Å². The first-order chi connectivity index (χ1) is 15.2. The Morgan fingerprint density at radius 2 is 1.26 bits per heavy atom. The van der Waals surface area contributed by atoms with E-state index in [0.29, 0.717) is 13.2 Å². The molecule has 3 N–H and O–H groups in total. The molecule has 4 nitrogen and oxygen atoms in total. The average Bonchev–Trinajstić information content (AvgIpc) is 2.79. The van der Waals surface area contributed by atoms with Gasteiger partial charge in [-0.3, -0.25) is 0 Å². The molecule has 0 aromatic carbocycles. The lowest BCUT2D eigenvalue weighted by Crippen LogP contribution is -3.13. The van der Waals surface area contributed by atoms with Gasteiger partial charge in [0, 0.05) is 0 Å². The van der Waals surface area contributed by atoms with E-state index in [2.05, 4.69) is 6.92 Å². The van der Waals surface area contributed by atoms with Gasteiger partial charge in [-0.15, -0.1) is 0 Å². The van der Waals surface area contributed by atoms with Crippen molar-refractivity contribution in [2.45, 2.75) is 103 Å². The third kappa shape index (κ3) is 11.0. The molecule has 2 rings (SSSR count). The van der Waals surface area contributed by atoms with Crippen molar-refractivity contribution < 1.29 is 19.6 Å². The minimum absolute atomic E-state index is 0.344. The molecule has 0 atom stereocenters. The number of aliphatic hydroxyl groups is 2. The Hall–Kier alpha value is -0.160. The van der Waals surface area contributed by atoms with Crippen molar-refractivity contribution >= 4 is 0 Å². The van der Waals surface area contributed by atoms with E-state index in [1.807, 2.05) is 0 Å². The zero-order valence-electron chi connectivity index (χ0n) is 21.0. The Morgan fingerprint density at radius 1 is 0.677 bits per heavy atom. The van der Waals surface area contributed by atoms with Crippen LogP contribution in [0.2, 0.25) is 0 Å². The Balaban J connectivity index is 1.55. The molecule has 0 aliphatic carbocycles. The van der Waals surface area contributed by atoms with Crippen molar-refractivity contribution in [2.75, 3.05) is 59.0 Å². The maximum Gasteiger partial charge on any atom is 0.102 e. The summed E-state index contributed by atoms with van der Waals surface area (Å²) in [5.41, 5.74) is 0. The van der Waals surface area contributed by atoms with Crippen LogP contribution in [0.4, 0.5) is 0 Å². The van der Waals surface area contributed by atoms with Gasteiger partial charge < -0.3 is 19.6 Å². The quantitative estimate of drug-likeness (QED) is 0.238. The predicted octanol–water partition coefficient (Wildman–Crippen LogP) is 3.80. The number of hydrogen-bond acceptors (Lipinski definition) is 2. The summed E-state index contributed by atoms with van der Waals surface area (Å²) in [6.07, 6.45) is 21.0. The molecule has 2 fully saturated rings. The first-order valence-corrected chi connectivity index (χ1v) is 14.1. The lowest BCUT2D eigenvalue weighted by Gasteiger charge is -2.44. The maximum absolute atomic E-state index is 9.68. The molecule has 0 saturated carbocycles. The molecule has 0 amide bonds. The predicted molar refractivity (Wildman–Crippen MR) is 131 cm³/mol. The molecular weight excluding hydrogens is 384 g/mol. The second-order valence-electron chi connectivity index (χ2n) is 11.0. The summed E-state index contributed by atoms with van der Waals surface area (Å²) in [6, 6.07) is 0. The third-order valence-electron chi connectivity index (χ3n) is 8.59. The molecule has 4 heteroatoms. The van der Waals surface area contributed by atoms with Crippen molar-refractivity contribution in [2.24, 2.45) is 11.8 Å². The van der Waals surface area contributed by atoms with Crippen LogP contribution in [0.1, 0.15) is 103 Å². The summed E-state index contributed by atoms with van der Waals surface area (Å²) < 4.78 is 1.20. The Morgan fingerprint density at radius 3 is 1.84 bits per heavy atom. The van der Waals surface area contributed by atoms with E-state index in [0.717, 1.165) is 24.9 Å². The number of unbranched alkanes of at least 4 members (excludes halogenated alkanes) is 7. The van der Waals surface area contributed by atoms with Crippen LogP contribution in [-0.4, -0.2) is 73.7 Å². The highest BCUT2D eigenvalue weighted by Crippen LogP contribution is 2.29. The summed E-state index contributed by atoms with van der Waals surface area (Å²) in [5.74, 6) is 1.88. The van der Waals surface area contributed by atoms with Crippen molar-refractivity contribution in [3.63, 3.8) is 0 Å². The Bertz CT molecular complexity index is 415. The van der Waals surface area contributed by atoms with E-state index < -0.39 is 0 Å². The molecule has 0 unspecified atom stereocenters. The van der Waals surface area contributed by atoms with Gasteiger partial charge in [0.1, 0.15) is 13.1 Å². The molecule has 184 valence electrons. The van der Waals surface area contributed by atoms with E-state index in [4.69, 9.17) is 5.11 Å². The summed E-state index contributed by atoms with van der Waals surface area (Å²) in [5, 5.41) is 18.8. The molecule has 0 aromatic rings. The molecule has 0 aromatic heterocycles. The largest absolute Gasteiger partial charge is 0.391 e. The highest BCUT2D eigenvalue weighted by Gasteiger charge is 2.33. The highest BCUT2D eigenvalue weighted by molar-refractivity contribution is 4.69. The Kier molecular flexibility index (Phi) is 14.4. The van der Waals surface area contributed by atoms with Gasteiger partial charge in [-0.05, 0) is 50.4 Å². The minimum Gasteiger partial charge on any atom is -0.391 e. The fourth-order valence-corrected chi connectivity index (χ4v) is 6.29. The van der Waals surface area contributed by atoms with Crippen LogP contribution < -0.4 is 4.90 Å². The van der Waals surface area contributed by atoms with E-state index in [-0.39, 0.29) is 0 Å². The van der Waals surface area contributed by atoms with Crippen LogP contribution in [0.3, 0.4) is 0 Å². The van der Waals surface area contributed by atoms with Crippen LogP contribution in [0.5, 0.6) is 0 Å². The number of quaternary nitrogens is 2. The number of rotatable bonds is 17. The van der Waals surface area contributed by atoms with Crippen LogP contribution in [0, 0.1) is 11.8 Å². The van der Waals surface area contributed by atoms with Gasteiger partial charge in [0.25, 0.3) is 0 Å². The number of piperidine rings is 2. The maximum atomic E-state index is 9.68. The summed E-state index contributed by atoms with van der Waals surface area (Å²) in [4.78, 5) is 1.61. The van der Waals surface area contributed by atoms with E-state index in [1.54, 1.807) is 4.90 Å². The average molecular weight is 441 g/mol. The van der Waals surface area contributed by atoms with Crippen molar-refractivity contribution in [3.05, 3.63) is 0 Å². The van der Waals surface area contributed by atoms with Crippen LogP contribution in [-0.2, 0) is 0 Å². The number of nitrogens with one attached hydrogen (secondary N) is 1. The van der Waals surface area contributed by atoms with Gasteiger partial charge in [-0.25, -0.2) is 0 Å². The van der Waals surface area contributed by atoms with Gasteiger partial charge in [0.15, 0.2) is 0 Å².